The van der Waals surface area contributed by atoms with E-state index in [1.807, 2.05) is 12.1 Å². The molecule has 25 heavy (non-hydrogen) atoms. The summed E-state index contributed by atoms with van der Waals surface area (Å²) in [5.74, 6) is 0.630. The van der Waals surface area contributed by atoms with Crippen molar-refractivity contribution in [3.05, 3.63) is 71.8 Å². The standard InChI is InChI=1S/C21H18N2O2/c1-25-19-8-6-14(7-9-19)21(24)22-13-18-11-17-10-15-4-2-3-5-16(15)12-20(17)23-18/h2-10,12H,11,13H2,1H3,(H,22,24). The van der Waals surface area contributed by atoms with E-state index in [0.717, 1.165) is 23.6 Å². The van der Waals surface area contributed by atoms with Gasteiger partial charge in [-0.1, -0.05) is 24.3 Å². The van der Waals surface area contributed by atoms with Gasteiger partial charge in [-0.15, -0.1) is 0 Å². The van der Waals surface area contributed by atoms with Gasteiger partial charge in [0, 0.05) is 17.7 Å². The lowest BCUT2D eigenvalue weighted by Gasteiger charge is -2.06. The van der Waals surface area contributed by atoms with Crippen LogP contribution in [0.25, 0.3) is 10.8 Å². The third-order valence-electron chi connectivity index (χ3n) is 4.43. The molecule has 1 aliphatic heterocycles. The topological polar surface area (TPSA) is 50.7 Å². The van der Waals surface area contributed by atoms with E-state index < -0.39 is 0 Å². The van der Waals surface area contributed by atoms with Crippen LogP contribution < -0.4 is 10.1 Å². The van der Waals surface area contributed by atoms with E-state index in [2.05, 4.69) is 34.6 Å². The normalized spacial score (nSPS) is 12.6. The van der Waals surface area contributed by atoms with Crippen LogP contribution in [0.2, 0.25) is 0 Å². The molecule has 0 fully saturated rings. The summed E-state index contributed by atoms with van der Waals surface area (Å²) in [4.78, 5) is 16.9. The highest BCUT2D eigenvalue weighted by Gasteiger charge is 2.16. The monoisotopic (exact) mass is 330 g/mol. The molecule has 3 aromatic rings. The van der Waals surface area contributed by atoms with Gasteiger partial charge in [-0.25, -0.2) is 0 Å². The van der Waals surface area contributed by atoms with Crippen LogP contribution in [0.5, 0.6) is 5.75 Å². The Bertz CT molecular complexity index is 975. The highest BCUT2D eigenvalue weighted by atomic mass is 16.5. The number of hydrogen-bond donors (Lipinski definition) is 1. The number of carbonyl (C=O) groups is 1. The highest BCUT2D eigenvalue weighted by Crippen LogP contribution is 2.31. The fraction of sp³-hybridized carbons (Fsp3) is 0.143. The van der Waals surface area contributed by atoms with Crippen LogP contribution in [-0.4, -0.2) is 25.3 Å². The first-order valence-electron chi connectivity index (χ1n) is 8.23. The summed E-state index contributed by atoms with van der Waals surface area (Å²) in [7, 11) is 1.61. The van der Waals surface area contributed by atoms with E-state index in [0.29, 0.717) is 12.1 Å². The Labute approximate surface area is 146 Å². The van der Waals surface area contributed by atoms with Crippen molar-refractivity contribution in [3.8, 4) is 5.75 Å². The van der Waals surface area contributed by atoms with Gasteiger partial charge in [0.2, 0.25) is 0 Å². The predicted molar refractivity (Wildman–Crippen MR) is 100 cm³/mol. The van der Waals surface area contributed by atoms with E-state index in [9.17, 15) is 4.79 Å². The number of nitrogens with one attached hydrogen (secondary N) is 1. The number of carbonyl (C=O) groups excluding carboxylic acids is 1. The molecule has 1 N–H and O–H groups in total. The van der Waals surface area contributed by atoms with Crippen LogP contribution in [0.15, 0.2) is 65.7 Å². The largest absolute Gasteiger partial charge is 0.497 e. The molecular weight excluding hydrogens is 312 g/mol. The van der Waals surface area contributed by atoms with Gasteiger partial charge in [0.1, 0.15) is 5.75 Å². The number of fused-ring (bicyclic) bond motifs is 2. The van der Waals surface area contributed by atoms with Crippen LogP contribution in [0.3, 0.4) is 0 Å². The van der Waals surface area contributed by atoms with Crippen molar-refractivity contribution in [2.24, 2.45) is 4.99 Å². The fourth-order valence-corrected chi connectivity index (χ4v) is 3.08. The first-order valence-corrected chi connectivity index (χ1v) is 8.23. The molecule has 1 heterocycles. The first kappa shape index (κ1) is 15.4. The number of benzene rings is 3. The summed E-state index contributed by atoms with van der Waals surface area (Å²) >= 11 is 0. The summed E-state index contributed by atoms with van der Waals surface area (Å²) in [6.45, 7) is 0.454. The highest BCUT2D eigenvalue weighted by molar-refractivity contribution is 6.02. The van der Waals surface area contributed by atoms with Gasteiger partial charge in [-0.3, -0.25) is 9.79 Å². The van der Waals surface area contributed by atoms with Crippen LogP contribution in [-0.2, 0) is 6.42 Å². The zero-order valence-corrected chi connectivity index (χ0v) is 14.0. The van der Waals surface area contributed by atoms with E-state index in [1.165, 1.54) is 16.3 Å². The average Bonchev–Trinajstić information content (AvgIpc) is 3.06. The molecule has 3 aromatic carbocycles. The maximum absolute atomic E-state index is 12.3. The van der Waals surface area contributed by atoms with E-state index in [1.54, 1.807) is 31.4 Å². The van der Waals surface area contributed by atoms with Crippen molar-refractivity contribution < 1.29 is 9.53 Å². The van der Waals surface area contributed by atoms with Crippen LogP contribution in [0.1, 0.15) is 15.9 Å². The molecule has 124 valence electrons. The summed E-state index contributed by atoms with van der Waals surface area (Å²) in [5.41, 5.74) is 3.81. The zero-order valence-electron chi connectivity index (χ0n) is 14.0. The quantitative estimate of drug-likeness (QED) is 0.788. The second-order valence-corrected chi connectivity index (χ2v) is 6.09. The minimum absolute atomic E-state index is 0.105. The number of amides is 1. The second-order valence-electron chi connectivity index (χ2n) is 6.09. The van der Waals surface area contributed by atoms with Crippen molar-refractivity contribution in [1.29, 1.82) is 0 Å². The first-order chi connectivity index (χ1) is 12.2. The summed E-state index contributed by atoms with van der Waals surface area (Å²) < 4.78 is 5.11. The van der Waals surface area contributed by atoms with Crippen molar-refractivity contribution in [2.75, 3.05) is 13.7 Å². The molecule has 0 aromatic heterocycles. The SMILES string of the molecule is COc1ccc(C(=O)NCC2=Nc3cc4ccccc4cc3C2)cc1. The predicted octanol–water partition coefficient (Wildman–Crippen LogP) is 3.91. The van der Waals surface area contributed by atoms with E-state index >= 15 is 0 Å². The Morgan fingerprint density at radius 2 is 1.80 bits per heavy atom. The molecule has 0 atom stereocenters. The second kappa shape index (κ2) is 6.40. The molecule has 4 heteroatoms. The number of nitrogens with zero attached hydrogens (tertiary/aromatic N) is 1. The number of ether oxygens (including phenoxy) is 1. The van der Waals surface area contributed by atoms with E-state index in [-0.39, 0.29) is 5.91 Å². The third-order valence-corrected chi connectivity index (χ3v) is 4.43. The number of methoxy groups -OCH3 is 1. The third kappa shape index (κ3) is 3.11. The molecule has 0 saturated carbocycles. The molecule has 0 bridgehead atoms. The molecular formula is C21H18N2O2. The van der Waals surface area contributed by atoms with Crippen molar-refractivity contribution in [1.82, 2.24) is 5.32 Å². The average molecular weight is 330 g/mol. The Morgan fingerprint density at radius 3 is 2.52 bits per heavy atom. The lowest BCUT2D eigenvalue weighted by molar-refractivity contribution is 0.0959. The maximum atomic E-state index is 12.3. The van der Waals surface area contributed by atoms with Gasteiger partial charge in [0.15, 0.2) is 0 Å². The number of hydrogen-bond acceptors (Lipinski definition) is 3. The molecule has 1 aliphatic rings. The minimum atomic E-state index is -0.105. The molecule has 0 radical (unpaired) electrons. The molecule has 4 nitrogen and oxygen atoms in total. The van der Waals surface area contributed by atoms with Crippen LogP contribution in [0.4, 0.5) is 5.69 Å². The maximum Gasteiger partial charge on any atom is 0.251 e. The number of rotatable bonds is 4. The Hall–Kier alpha value is -3.14. The van der Waals surface area contributed by atoms with E-state index in [4.69, 9.17) is 4.74 Å². The summed E-state index contributed by atoms with van der Waals surface area (Å²) in [6.07, 6.45) is 0.781. The van der Waals surface area contributed by atoms with Crippen LogP contribution in [0, 0.1) is 0 Å². The van der Waals surface area contributed by atoms with Gasteiger partial charge < -0.3 is 10.1 Å². The molecule has 4 rings (SSSR count). The van der Waals surface area contributed by atoms with Gasteiger partial charge in [-0.2, -0.15) is 0 Å². The van der Waals surface area contributed by atoms with Gasteiger partial charge >= 0.3 is 0 Å². The summed E-state index contributed by atoms with van der Waals surface area (Å²) in [5, 5.41) is 5.35. The Balaban J connectivity index is 1.44. The fourth-order valence-electron chi connectivity index (χ4n) is 3.08. The lowest BCUT2D eigenvalue weighted by Crippen LogP contribution is -2.29. The molecule has 1 amide bonds. The molecule has 0 saturated heterocycles. The van der Waals surface area contributed by atoms with Crippen molar-refractivity contribution in [3.63, 3.8) is 0 Å². The van der Waals surface area contributed by atoms with Gasteiger partial charge in [0.05, 0.1) is 19.3 Å². The Kier molecular flexibility index (Phi) is 3.94. The minimum Gasteiger partial charge on any atom is -0.497 e. The molecule has 0 spiro atoms. The molecule has 0 aliphatic carbocycles. The van der Waals surface area contributed by atoms with Gasteiger partial charge in [0.25, 0.3) is 5.91 Å². The Morgan fingerprint density at radius 1 is 1.08 bits per heavy atom. The summed E-state index contributed by atoms with van der Waals surface area (Å²) in [6, 6.07) is 19.7. The van der Waals surface area contributed by atoms with Crippen molar-refractivity contribution >= 4 is 28.1 Å². The lowest BCUT2D eigenvalue weighted by atomic mass is 10.0. The van der Waals surface area contributed by atoms with Gasteiger partial charge in [-0.05, 0) is 52.7 Å². The van der Waals surface area contributed by atoms with Crippen molar-refractivity contribution in [2.45, 2.75) is 6.42 Å². The number of aliphatic imine (C=N–C) groups is 1. The zero-order chi connectivity index (χ0) is 17.2. The molecule has 0 unspecified atom stereocenters. The van der Waals surface area contributed by atoms with Crippen LogP contribution >= 0.6 is 0 Å². The smallest absolute Gasteiger partial charge is 0.251 e.